The molecule has 0 aliphatic carbocycles. The van der Waals surface area contributed by atoms with Crippen molar-refractivity contribution in [3.8, 4) is 10.4 Å². The Kier molecular flexibility index (Phi) is 10.5. The van der Waals surface area contributed by atoms with Crippen LogP contribution in [0.5, 0.6) is 0 Å². The summed E-state index contributed by atoms with van der Waals surface area (Å²) >= 11 is 3.09. The van der Waals surface area contributed by atoms with E-state index in [4.69, 9.17) is 5.73 Å². The molecule has 50 heavy (non-hydrogen) atoms. The normalized spacial score (nSPS) is 18.5. The van der Waals surface area contributed by atoms with Crippen molar-refractivity contribution in [2.75, 3.05) is 6.54 Å². The largest absolute Gasteiger partial charge is 0.388 e. The molecule has 0 unspecified atom stereocenters. The lowest BCUT2D eigenvalue weighted by molar-refractivity contribution is -0.141. The van der Waals surface area contributed by atoms with E-state index in [0.29, 0.717) is 0 Å². The molecule has 0 radical (unpaired) electrons. The van der Waals surface area contributed by atoms with E-state index >= 15 is 4.39 Å². The summed E-state index contributed by atoms with van der Waals surface area (Å²) in [5.41, 5.74) is 14.4. The lowest BCUT2D eigenvalue weighted by atomic mass is 9.84. The Morgan fingerprint density at radius 1 is 0.940 bits per heavy atom. The van der Waals surface area contributed by atoms with Crippen molar-refractivity contribution in [2.24, 2.45) is 5.73 Å². The number of β-amino-alcohol motifs (C(OH)–C–C–N with tert-alkyl or cyclic N) is 1. The van der Waals surface area contributed by atoms with E-state index in [1.54, 1.807) is 16.8 Å². The van der Waals surface area contributed by atoms with Crippen LogP contribution in [-0.2, 0) is 20.9 Å². The number of hydrogen-bond acceptors (Lipinski definition) is 7. The van der Waals surface area contributed by atoms with Crippen molar-refractivity contribution in [1.29, 1.82) is 0 Å². The fourth-order valence-electron chi connectivity index (χ4n) is 6.59. The van der Waals surface area contributed by atoms with Crippen molar-refractivity contribution in [3.63, 3.8) is 0 Å². The minimum atomic E-state index is -1.96. The fourth-order valence-corrected chi connectivity index (χ4v) is 9.18. The number of aliphatic hydroxyl groups excluding tert-OH is 1. The van der Waals surface area contributed by atoms with Crippen LogP contribution in [-0.4, -0.2) is 62.5 Å². The number of nitrogens with two attached hydrogens (primary N) is 1. The van der Waals surface area contributed by atoms with Crippen LogP contribution in [0.4, 0.5) is 4.39 Å². The second-order valence-electron chi connectivity index (χ2n) is 13.1. The van der Waals surface area contributed by atoms with E-state index in [1.807, 2.05) is 99.6 Å². The number of alkyl halides is 1. The highest BCUT2D eigenvalue weighted by Crippen LogP contribution is 2.54. The summed E-state index contributed by atoms with van der Waals surface area (Å²) in [7, 11) is 0. The Morgan fingerprint density at radius 2 is 1.46 bits per heavy atom. The second kappa shape index (κ2) is 14.9. The van der Waals surface area contributed by atoms with Crippen molar-refractivity contribution in [1.82, 2.24) is 15.2 Å². The minimum absolute atomic E-state index is 0.128. The van der Waals surface area contributed by atoms with Crippen LogP contribution in [0.25, 0.3) is 10.4 Å². The van der Waals surface area contributed by atoms with Crippen LogP contribution in [0.3, 0.4) is 0 Å². The first-order valence-corrected chi connectivity index (χ1v) is 18.2. The third kappa shape index (κ3) is 6.98. The maximum Gasteiger partial charge on any atom is 0.246 e. The summed E-state index contributed by atoms with van der Waals surface area (Å²) in [5.74, 6) is -1.29. The van der Waals surface area contributed by atoms with Gasteiger partial charge >= 0.3 is 0 Å². The number of amides is 2. The van der Waals surface area contributed by atoms with Crippen LogP contribution < -0.4 is 11.1 Å². The molecule has 0 saturated carbocycles. The number of nitrogens with zero attached hydrogens (tertiary/aromatic N) is 2. The maximum absolute atomic E-state index is 15.6. The summed E-state index contributed by atoms with van der Waals surface area (Å²) in [6.45, 7) is 5.54. The van der Waals surface area contributed by atoms with Gasteiger partial charge in [0.05, 0.1) is 33.4 Å². The van der Waals surface area contributed by atoms with Crippen LogP contribution in [0.2, 0.25) is 0 Å². The lowest BCUT2D eigenvalue weighted by Crippen LogP contribution is -2.58. The molecule has 258 valence electrons. The zero-order valence-corrected chi connectivity index (χ0v) is 29.8. The monoisotopic (exact) mass is 708 g/mol. The Labute approximate surface area is 300 Å². The number of aryl methyl sites for hydroxylation is 1. The molecule has 5 aromatic rings. The molecule has 1 aromatic heterocycles. The fraction of sp³-hybridized carbons (Fsp3) is 0.275. The van der Waals surface area contributed by atoms with Crippen molar-refractivity contribution < 1.29 is 19.1 Å². The predicted molar refractivity (Wildman–Crippen MR) is 199 cm³/mol. The van der Waals surface area contributed by atoms with Crippen molar-refractivity contribution >= 4 is 34.9 Å². The average Bonchev–Trinajstić information content (AvgIpc) is 3.71. The summed E-state index contributed by atoms with van der Waals surface area (Å²) in [4.78, 5) is 34.3. The number of aromatic nitrogens is 1. The molecule has 0 bridgehead atoms. The van der Waals surface area contributed by atoms with E-state index in [9.17, 15) is 14.7 Å². The maximum atomic E-state index is 15.6. The van der Waals surface area contributed by atoms with E-state index in [-0.39, 0.29) is 13.1 Å². The first-order valence-electron chi connectivity index (χ1n) is 16.5. The third-order valence-electron chi connectivity index (χ3n) is 9.34. The quantitative estimate of drug-likeness (QED) is 0.136. The molecule has 1 saturated heterocycles. The van der Waals surface area contributed by atoms with Gasteiger partial charge in [0.15, 0.2) is 6.17 Å². The van der Waals surface area contributed by atoms with Crippen molar-refractivity contribution in [2.45, 2.75) is 61.2 Å². The highest BCUT2D eigenvalue weighted by atomic mass is 32.2. The zero-order chi connectivity index (χ0) is 35.5. The van der Waals surface area contributed by atoms with Gasteiger partial charge in [0.1, 0.15) is 12.1 Å². The molecule has 1 aliphatic rings. The summed E-state index contributed by atoms with van der Waals surface area (Å²) in [6.07, 6.45) is -3.48. The molecule has 1 aliphatic heterocycles. The second-order valence-corrected chi connectivity index (χ2v) is 15.8. The van der Waals surface area contributed by atoms with E-state index < -0.39 is 45.7 Å². The number of halogens is 1. The van der Waals surface area contributed by atoms with Gasteiger partial charge in [-0.15, -0.1) is 23.1 Å². The minimum Gasteiger partial charge on any atom is -0.388 e. The number of carbonyl (C=O) groups excluding carboxylic acids is 2. The Bertz CT molecular complexity index is 1810. The molecular weight excluding hydrogens is 668 g/mol. The van der Waals surface area contributed by atoms with Gasteiger partial charge < -0.3 is 21.1 Å². The summed E-state index contributed by atoms with van der Waals surface area (Å²) in [5, 5.41) is 13.4. The number of rotatable bonds is 11. The van der Waals surface area contributed by atoms with Gasteiger partial charge in [0.2, 0.25) is 11.8 Å². The van der Waals surface area contributed by atoms with Crippen LogP contribution in [0, 0.1) is 6.92 Å². The van der Waals surface area contributed by atoms with Gasteiger partial charge in [-0.05, 0) is 48.6 Å². The van der Waals surface area contributed by atoms with Gasteiger partial charge in [0.25, 0.3) is 0 Å². The highest BCUT2D eigenvalue weighted by molar-refractivity contribution is 8.02. The first kappa shape index (κ1) is 35.5. The number of benzene rings is 4. The van der Waals surface area contributed by atoms with Gasteiger partial charge in [-0.1, -0.05) is 115 Å². The highest BCUT2D eigenvalue weighted by Gasteiger charge is 2.52. The van der Waals surface area contributed by atoms with Gasteiger partial charge in [-0.25, -0.2) is 9.37 Å². The first-order chi connectivity index (χ1) is 24.0. The Morgan fingerprint density at radius 3 is 1.94 bits per heavy atom. The van der Waals surface area contributed by atoms with E-state index in [0.717, 1.165) is 43.3 Å². The van der Waals surface area contributed by atoms with Gasteiger partial charge in [0, 0.05) is 11.3 Å². The third-order valence-corrected chi connectivity index (χ3v) is 12.1. The lowest BCUT2D eigenvalue weighted by Gasteiger charge is -2.44. The van der Waals surface area contributed by atoms with E-state index in [1.165, 1.54) is 11.8 Å². The number of aliphatic hydroxyl groups is 1. The topological polar surface area (TPSA) is 109 Å². The molecule has 4 N–H and O–H groups in total. The number of nitrogens with one attached hydrogen (secondary N) is 1. The molecule has 2 amide bonds. The molecule has 4 atom stereocenters. The number of carbonyl (C=O) groups is 2. The van der Waals surface area contributed by atoms with Crippen LogP contribution in [0.15, 0.2) is 121 Å². The average molecular weight is 709 g/mol. The number of hydrogen-bond donors (Lipinski definition) is 3. The summed E-state index contributed by atoms with van der Waals surface area (Å²) in [6, 6.07) is 35.2. The van der Waals surface area contributed by atoms with E-state index in [2.05, 4.69) is 46.7 Å². The van der Waals surface area contributed by atoms with Gasteiger partial charge in [-0.2, -0.15) is 0 Å². The standard InChI is InChI=1S/C40H41FN4O3S2/c1-26-35(49-25-44-26)28-21-19-27(20-22-28)23-43-37(47)34-33(41)32(46)24-45(34)38(48)36(42)39(2,3)50-40(29-13-7-4-8-14-29,30-15-9-5-10-16-30)31-17-11-6-12-18-31/h4-22,25,32-34,36,46H,23-24,42H2,1-3H3,(H,43,47)/t32-,33-,34+,36+/m0/s1. The molecule has 7 nitrogen and oxygen atoms in total. The molecular formula is C40H41FN4O3S2. The number of thiazole rings is 1. The number of thioether (sulfide) groups is 1. The zero-order valence-electron chi connectivity index (χ0n) is 28.2. The Hall–Kier alpha value is -4.35. The molecule has 1 fully saturated rings. The SMILES string of the molecule is Cc1ncsc1-c1ccc(CNC(=O)[C@H]2[C@@H](F)[C@@H](O)CN2C(=O)[C@@H](N)C(C)(C)SC(c2ccccc2)(c2ccccc2)c2ccccc2)cc1. The predicted octanol–water partition coefficient (Wildman–Crippen LogP) is 6.48. The molecule has 2 heterocycles. The van der Waals surface area contributed by atoms with Crippen LogP contribution in [0.1, 0.15) is 41.8 Å². The molecule has 6 rings (SSSR count). The molecule has 10 heteroatoms. The number of likely N-dealkylation sites (tertiary alicyclic amines) is 1. The smallest absolute Gasteiger partial charge is 0.246 e. The van der Waals surface area contributed by atoms with Gasteiger partial charge in [-0.3, -0.25) is 9.59 Å². The van der Waals surface area contributed by atoms with Crippen LogP contribution >= 0.6 is 23.1 Å². The Balaban J connectivity index is 1.25. The molecule has 0 spiro atoms. The summed E-state index contributed by atoms with van der Waals surface area (Å²) < 4.78 is 13.8. The van der Waals surface area contributed by atoms with Crippen molar-refractivity contribution in [3.05, 3.63) is 149 Å². The molecule has 4 aromatic carbocycles.